The van der Waals surface area contributed by atoms with Crippen LogP contribution < -0.4 is 0 Å². The lowest BCUT2D eigenvalue weighted by Gasteiger charge is -2.02. The highest BCUT2D eigenvalue weighted by Crippen LogP contribution is 2.21. The Morgan fingerprint density at radius 1 is 1.75 bits per heavy atom. The van der Waals surface area contributed by atoms with Gasteiger partial charge in [-0.3, -0.25) is 9.59 Å². The van der Waals surface area contributed by atoms with Crippen molar-refractivity contribution in [3.05, 3.63) is 0 Å². The molecule has 0 amide bonds. The average molecular weight is 190 g/mol. The molecule has 0 aromatic heterocycles. The highest BCUT2D eigenvalue weighted by molar-refractivity contribution is 8.00. The number of aliphatic carboxylic acids is 1. The lowest BCUT2D eigenvalue weighted by atomic mass is 10.4. The van der Waals surface area contributed by atoms with Crippen LogP contribution in [0.15, 0.2) is 0 Å². The average Bonchev–Trinajstić information content (AvgIpc) is 2.36. The number of carbonyl (C=O) groups is 2. The van der Waals surface area contributed by atoms with Gasteiger partial charge in [-0.25, -0.2) is 0 Å². The Labute approximate surface area is 74.3 Å². The van der Waals surface area contributed by atoms with Crippen molar-refractivity contribution in [3.63, 3.8) is 0 Å². The van der Waals surface area contributed by atoms with E-state index in [1.807, 2.05) is 0 Å². The highest BCUT2D eigenvalue weighted by Gasteiger charge is 2.26. The molecule has 1 heterocycles. The quantitative estimate of drug-likeness (QED) is 0.654. The summed E-state index contributed by atoms with van der Waals surface area (Å²) in [6, 6.07) is 0. The standard InChI is InChI=1S/C7H10O4S/c8-6(9)2-4-12-5-1-3-11-7(5)10/h5H,1-4H2,(H,8,9). The first kappa shape index (κ1) is 9.38. The van der Waals surface area contributed by atoms with Gasteiger partial charge in [-0.1, -0.05) is 0 Å². The molecule has 5 heteroatoms. The number of carbonyl (C=O) groups excluding carboxylic acids is 1. The van der Waals surface area contributed by atoms with Gasteiger partial charge in [0.15, 0.2) is 0 Å². The Kier molecular flexibility index (Phi) is 3.40. The molecule has 12 heavy (non-hydrogen) atoms. The molecule has 1 unspecified atom stereocenters. The van der Waals surface area contributed by atoms with Crippen LogP contribution in [0.1, 0.15) is 12.8 Å². The maximum Gasteiger partial charge on any atom is 0.319 e. The summed E-state index contributed by atoms with van der Waals surface area (Å²) < 4.78 is 4.72. The van der Waals surface area contributed by atoms with Crippen LogP contribution in [0.3, 0.4) is 0 Å². The maximum atomic E-state index is 10.9. The summed E-state index contributed by atoms with van der Waals surface area (Å²) in [5.74, 6) is -0.547. The van der Waals surface area contributed by atoms with Crippen molar-refractivity contribution in [2.75, 3.05) is 12.4 Å². The summed E-state index contributed by atoms with van der Waals surface area (Å²) in [4.78, 5) is 21.0. The first-order valence-electron chi connectivity index (χ1n) is 3.70. The summed E-state index contributed by atoms with van der Waals surface area (Å²) in [6.45, 7) is 0.476. The van der Waals surface area contributed by atoms with Gasteiger partial charge in [0.25, 0.3) is 0 Å². The zero-order chi connectivity index (χ0) is 8.97. The normalized spacial score (nSPS) is 22.3. The highest BCUT2D eigenvalue weighted by atomic mass is 32.2. The van der Waals surface area contributed by atoms with Gasteiger partial charge in [0.05, 0.1) is 13.0 Å². The van der Waals surface area contributed by atoms with Crippen LogP contribution in [0, 0.1) is 0 Å². The van der Waals surface area contributed by atoms with Gasteiger partial charge >= 0.3 is 11.9 Å². The SMILES string of the molecule is O=C(O)CCSC1CCOC1=O. The Morgan fingerprint density at radius 2 is 2.50 bits per heavy atom. The fourth-order valence-electron chi connectivity index (χ4n) is 0.917. The van der Waals surface area contributed by atoms with E-state index in [1.54, 1.807) is 0 Å². The second-order valence-electron chi connectivity index (χ2n) is 2.46. The minimum absolute atomic E-state index is 0.106. The number of rotatable bonds is 4. The molecule has 0 bridgehead atoms. The van der Waals surface area contributed by atoms with Gasteiger partial charge in [0, 0.05) is 12.2 Å². The largest absolute Gasteiger partial charge is 0.481 e. The molecule has 0 radical (unpaired) electrons. The van der Waals surface area contributed by atoms with E-state index in [0.717, 1.165) is 0 Å². The van der Waals surface area contributed by atoms with Crippen LogP contribution in [0.25, 0.3) is 0 Å². The van der Waals surface area contributed by atoms with Crippen LogP contribution in [0.4, 0.5) is 0 Å². The third kappa shape index (κ3) is 2.73. The monoisotopic (exact) mass is 190 g/mol. The summed E-state index contributed by atoms with van der Waals surface area (Å²) in [7, 11) is 0. The molecule has 1 aliphatic rings. The van der Waals surface area contributed by atoms with Crippen molar-refractivity contribution >= 4 is 23.7 Å². The number of hydrogen-bond acceptors (Lipinski definition) is 4. The minimum atomic E-state index is -0.825. The number of cyclic esters (lactones) is 1. The van der Waals surface area contributed by atoms with Crippen LogP contribution in [-0.4, -0.2) is 34.7 Å². The summed E-state index contributed by atoms with van der Waals surface area (Å²) in [5.41, 5.74) is 0. The molecule has 1 rings (SSSR count). The Balaban J connectivity index is 2.14. The van der Waals surface area contributed by atoms with Crippen LogP contribution in [0.5, 0.6) is 0 Å². The van der Waals surface area contributed by atoms with Crippen LogP contribution in [-0.2, 0) is 14.3 Å². The number of hydrogen-bond donors (Lipinski definition) is 1. The smallest absolute Gasteiger partial charge is 0.319 e. The van der Waals surface area contributed by atoms with E-state index in [0.29, 0.717) is 18.8 Å². The van der Waals surface area contributed by atoms with Gasteiger partial charge in [-0.05, 0) is 0 Å². The molecule has 1 aliphatic heterocycles. The number of carboxylic acids is 1. The Bertz CT molecular complexity index is 192. The molecule has 0 saturated carbocycles. The molecule has 0 spiro atoms. The molecule has 0 aliphatic carbocycles. The van der Waals surface area contributed by atoms with Crippen molar-refractivity contribution in [2.45, 2.75) is 18.1 Å². The van der Waals surface area contributed by atoms with Gasteiger partial charge < -0.3 is 9.84 Å². The third-order valence-electron chi connectivity index (χ3n) is 1.52. The molecule has 1 saturated heterocycles. The number of carboxylic acid groups (broad SMARTS) is 1. The number of thioether (sulfide) groups is 1. The maximum absolute atomic E-state index is 10.9. The van der Waals surface area contributed by atoms with Crippen molar-refractivity contribution in [2.24, 2.45) is 0 Å². The molecule has 1 N–H and O–H groups in total. The molecule has 0 aromatic carbocycles. The van der Waals surface area contributed by atoms with Gasteiger partial charge in [-0.2, -0.15) is 0 Å². The zero-order valence-electron chi connectivity index (χ0n) is 6.49. The van der Waals surface area contributed by atoms with E-state index in [9.17, 15) is 9.59 Å². The molecular formula is C7H10O4S. The summed E-state index contributed by atoms with van der Waals surface area (Å²) in [5, 5.41) is 8.19. The molecule has 4 nitrogen and oxygen atoms in total. The van der Waals surface area contributed by atoms with Gasteiger partial charge in [-0.15, -0.1) is 11.8 Å². The Morgan fingerprint density at radius 3 is 3.00 bits per heavy atom. The summed E-state index contributed by atoms with van der Waals surface area (Å²) >= 11 is 1.37. The third-order valence-corrected chi connectivity index (χ3v) is 2.79. The van der Waals surface area contributed by atoms with Crippen molar-refractivity contribution in [1.29, 1.82) is 0 Å². The lowest BCUT2D eigenvalue weighted by molar-refractivity contribution is -0.138. The second kappa shape index (κ2) is 4.35. The molecule has 68 valence electrons. The van der Waals surface area contributed by atoms with Crippen molar-refractivity contribution < 1.29 is 19.4 Å². The number of ether oxygens (including phenoxy) is 1. The lowest BCUT2D eigenvalue weighted by Crippen LogP contribution is -2.11. The molecule has 1 fully saturated rings. The molecular weight excluding hydrogens is 180 g/mol. The van der Waals surface area contributed by atoms with Crippen molar-refractivity contribution in [1.82, 2.24) is 0 Å². The predicted octanol–water partition coefficient (Wildman–Crippen LogP) is 0.510. The molecule has 0 aromatic rings. The van der Waals surface area contributed by atoms with Gasteiger partial charge in [0.1, 0.15) is 5.25 Å². The second-order valence-corrected chi connectivity index (χ2v) is 3.77. The molecule has 1 atom stereocenters. The van der Waals surface area contributed by atoms with E-state index in [2.05, 4.69) is 0 Å². The van der Waals surface area contributed by atoms with E-state index < -0.39 is 5.97 Å². The topological polar surface area (TPSA) is 63.6 Å². The fraction of sp³-hybridized carbons (Fsp3) is 0.714. The van der Waals surface area contributed by atoms with E-state index >= 15 is 0 Å². The van der Waals surface area contributed by atoms with E-state index in [4.69, 9.17) is 9.84 Å². The summed E-state index contributed by atoms with van der Waals surface area (Å²) in [6.07, 6.45) is 0.817. The first-order chi connectivity index (χ1) is 5.70. The number of esters is 1. The van der Waals surface area contributed by atoms with Crippen molar-refractivity contribution in [3.8, 4) is 0 Å². The van der Waals surface area contributed by atoms with E-state index in [-0.39, 0.29) is 17.6 Å². The minimum Gasteiger partial charge on any atom is -0.481 e. The Hall–Kier alpha value is -0.710. The zero-order valence-corrected chi connectivity index (χ0v) is 7.30. The van der Waals surface area contributed by atoms with Gasteiger partial charge in [0.2, 0.25) is 0 Å². The van der Waals surface area contributed by atoms with Crippen LogP contribution in [0.2, 0.25) is 0 Å². The first-order valence-corrected chi connectivity index (χ1v) is 4.75. The van der Waals surface area contributed by atoms with E-state index in [1.165, 1.54) is 11.8 Å². The fourth-order valence-corrected chi connectivity index (χ4v) is 1.96. The predicted molar refractivity (Wildman–Crippen MR) is 44.1 cm³/mol. The van der Waals surface area contributed by atoms with Crippen LogP contribution >= 0.6 is 11.8 Å².